The van der Waals surface area contributed by atoms with Crippen LogP contribution < -0.4 is 0 Å². The molecule has 0 heterocycles. The van der Waals surface area contributed by atoms with Gasteiger partial charge < -0.3 is 14.0 Å². The van der Waals surface area contributed by atoms with Crippen molar-refractivity contribution in [3.8, 4) is 0 Å². The minimum Gasteiger partial charge on any atom is -0.502 e. The van der Waals surface area contributed by atoms with Crippen molar-refractivity contribution in [3.05, 3.63) is 19.5 Å². The predicted molar refractivity (Wildman–Crippen MR) is 21.1 cm³/mol. The summed E-state index contributed by atoms with van der Waals surface area (Å²) in [6.07, 6.45) is 0. The number of rotatable bonds is 0. The molecule has 0 N–H and O–H groups in total. The molecule has 0 saturated heterocycles. The standard InChI is InChI=1S/C2H2Cl.CH3.W/c1-2-3;;/h1-2H;1H3;/q2*-1;+2. The Morgan fingerprint density at radius 3 is 1.60 bits per heavy atom. The first-order valence-electron chi connectivity index (χ1n) is 0.552. The van der Waals surface area contributed by atoms with Crippen LogP contribution in [0.3, 0.4) is 0 Å². The fourth-order valence-electron chi connectivity index (χ4n) is 0. The first kappa shape index (κ1) is 17.2. The molecule has 0 bridgehead atoms. The van der Waals surface area contributed by atoms with E-state index in [1.54, 1.807) is 0 Å². The topological polar surface area (TPSA) is 0 Å². The molecule has 0 aliphatic rings. The number of halogens is 1. The summed E-state index contributed by atoms with van der Waals surface area (Å²) in [5, 5.41) is 0. The molecule has 0 aromatic heterocycles. The zero-order chi connectivity index (χ0) is 2.71. The second-order valence-corrected chi connectivity index (χ2v) is 0.378. The average Bonchev–Trinajstić information content (AvgIpc) is 0.918. The summed E-state index contributed by atoms with van der Waals surface area (Å²) >= 11 is 4.65. The van der Waals surface area contributed by atoms with Crippen LogP contribution in [0, 0.1) is 14.0 Å². The van der Waals surface area contributed by atoms with Crippen molar-refractivity contribution in [3.63, 3.8) is 0 Å². The van der Waals surface area contributed by atoms with E-state index >= 15 is 0 Å². The summed E-state index contributed by atoms with van der Waals surface area (Å²) < 4.78 is 0. The third-order valence-electron chi connectivity index (χ3n) is 0. The van der Waals surface area contributed by atoms with E-state index < -0.39 is 0 Å². The van der Waals surface area contributed by atoms with Gasteiger partial charge in [0.1, 0.15) is 0 Å². The maximum atomic E-state index is 4.65. The quantitative estimate of drug-likeness (QED) is 0.581. The zero-order valence-electron chi connectivity index (χ0n) is 2.94. The summed E-state index contributed by atoms with van der Waals surface area (Å²) in [7, 11) is 0. The van der Waals surface area contributed by atoms with E-state index in [1.165, 1.54) is 0 Å². The average molecular weight is 260 g/mol. The van der Waals surface area contributed by atoms with E-state index in [1.807, 2.05) is 0 Å². The van der Waals surface area contributed by atoms with Crippen molar-refractivity contribution < 1.29 is 21.1 Å². The van der Waals surface area contributed by atoms with Crippen LogP contribution in [0.4, 0.5) is 0 Å². The SMILES string of the molecule is [CH-]=CCl.[CH3-].[W+2]. The van der Waals surface area contributed by atoms with Gasteiger partial charge in [-0.25, -0.2) is 0 Å². The van der Waals surface area contributed by atoms with Gasteiger partial charge in [0.05, 0.1) is 0 Å². The molecule has 0 unspecified atom stereocenters. The molecular weight excluding hydrogens is 255 g/mol. The Kier molecular flexibility index (Phi) is 76.1. The maximum absolute atomic E-state index is 4.65. The Balaban J connectivity index is -0.0000000200. The Hall–Kier alpha value is 0.718. The molecular formula is C3H5ClW. The summed E-state index contributed by atoms with van der Waals surface area (Å²) in [6, 6.07) is 0. The van der Waals surface area contributed by atoms with Gasteiger partial charge in [-0.3, -0.25) is 0 Å². The van der Waals surface area contributed by atoms with Crippen LogP contribution in [0.5, 0.6) is 0 Å². The first-order valence-corrected chi connectivity index (χ1v) is 0.988. The van der Waals surface area contributed by atoms with E-state index in [4.69, 9.17) is 0 Å². The normalized spacial score (nSPS) is 2.60. The number of hydrogen-bond donors (Lipinski definition) is 0. The summed E-state index contributed by atoms with van der Waals surface area (Å²) in [4.78, 5) is 0. The van der Waals surface area contributed by atoms with Gasteiger partial charge >= 0.3 is 21.1 Å². The van der Waals surface area contributed by atoms with Crippen LogP contribution in [-0.4, -0.2) is 0 Å². The molecule has 30 valence electrons. The van der Waals surface area contributed by atoms with Crippen molar-refractivity contribution >= 4 is 11.6 Å². The summed E-state index contributed by atoms with van der Waals surface area (Å²) in [5.74, 6) is 0. The Morgan fingerprint density at radius 2 is 1.60 bits per heavy atom. The molecule has 0 aromatic rings. The molecule has 0 fully saturated rings. The number of hydrogen-bond acceptors (Lipinski definition) is 0. The molecule has 2 heteroatoms. The van der Waals surface area contributed by atoms with Crippen LogP contribution >= 0.6 is 11.6 Å². The molecule has 0 saturated carbocycles. The van der Waals surface area contributed by atoms with Crippen molar-refractivity contribution in [2.75, 3.05) is 0 Å². The molecule has 5 heavy (non-hydrogen) atoms. The minimum absolute atomic E-state index is 0. The van der Waals surface area contributed by atoms with Gasteiger partial charge in [0.2, 0.25) is 0 Å². The van der Waals surface area contributed by atoms with Gasteiger partial charge in [0, 0.05) is 0 Å². The molecule has 0 spiro atoms. The fourth-order valence-corrected chi connectivity index (χ4v) is 0. The summed E-state index contributed by atoms with van der Waals surface area (Å²) in [6.45, 7) is 4.49. The second kappa shape index (κ2) is 22.1. The van der Waals surface area contributed by atoms with Crippen LogP contribution in [0.15, 0.2) is 5.54 Å². The van der Waals surface area contributed by atoms with Crippen molar-refractivity contribution in [1.29, 1.82) is 0 Å². The molecule has 0 radical (unpaired) electrons. The van der Waals surface area contributed by atoms with Gasteiger partial charge in [0.25, 0.3) is 0 Å². The fraction of sp³-hybridized carbons (Fsp3) is 0. The van der Waals surface area contributed by atoms with Crippen LogP contribution in [0.2, 0.25) is 0 Å². The molecule has 0 nitrogen and oxygen atoms in total. The van der Waals surface area contributed by atoms with Gasteiger partial charge in [-0.1, -0.05) is 0 Å². The van der Waals surface area contributed by atoms with E-state index in [2.05, 4.69) is 18.2 Å². The van der Waals surface area contributed by atoms with E-state index in [0.29, 0.717) is 0 Å². The molecule has 0 amide bonds. The smallest absolute Gasteiger partial charge is 0.502 e. The Morgan fingerprint density at radius 1 is 1.60 bits per heavy atom. The maximum Gasteiger partial charge on any atom is 2.00 e. The molecule has 0 rings (SSSR count). The Labute approximate surface area is 52.5 Å². The van der Waals surface area contributed by atoms with Gasteiger partial charge in [0.15, 0.2) is 0 Å². The second-order valence-electron chi connectivity index (χ2n) is 0.126. The largest absolute Gasteiger partial charge is 2.00 e. The Bertz CT molecular complexity index is 14.4. The van der Waals surface area contributed by atoms with Crippen LogP contribution in [0.1, 0.15) is 0 Å². The molecule has 0 atom stereocenters. The van der Waals surface area contributed by atoms with E-state index in [-0.39, 0.29) is 28.5 Å². The first-order chi connectivity index (χ1) is 1.41. The van der Waals surface area contributed by atoms with Crippen molar-refractivity contribution in [1.82, 2.24) is 0 Å². The zero-order valence-corrected chi connectivity index (χ0v) is 6.63. The van der Waals surface area contributed by atoms with Crippen LogP contribution in [-0.2, 0) is 21.1 Å². The van der Waals surface area contributed by atoms with Crippen LogP contribution in [0.25, 0.3) is 0 Å². The van der Waals surface area contributed by atoms with Gasteiger partial charge in [-0.15, -0.1) is 11.6 Å². The predicted octanol–water partition coefficient (Wildman–Crippen LogP) is 1.62. The third kappa shape index (κ3) is 67.6. The molecule has 0 aliphatic carbocycles. The molecule has 0 aliphatic heterocycles. The van der Waals surface area contributed by atoms with Crippen molar-refractivity contribution in [2.24, 2.45) is 0 Å². The minimum atomic E-state index is 0. The van der Waals surface area contributed by atoms with E-state index in [9.17, 15) is 0 Å². The van der Waals surface area contributed by atoms with E-state index in [0.717, 1.165) is 5.54 Å². The molecule has 0 aromatic carbocycles. The third-order valence-corrected chi connectivity index (χ3v) is 0. The van der Waals surface area contributed by atoms with Crippen molar-refractivity contribution in [2.45, 2.75) is 0 Å². The monoisotopic (exact) mass is 260 g/mol. The van der Waals surface area contributed by atoms with Gasteiger partial charge in [-0.05, 0) is 0 Å². The van der Waals surface area contributed by atoms with Gasteiger partial charge in [-0.2, -0.15) is 5.54 Å². The summed E-state index contributed by atoms with van der Waals surface area (Å²) in [5.41, 5.74) is 0.972.